The Morgan fingerprint density at radius 1 is 1.42 bits per heavy atom. The van der Waals surface area contributed by atoms with Gasteiger partial charge in [-0.25, -0.2) is 0 Å². The van der Waals surface area contributed by atoms with Crippen LogP contribution in [0.15, 0.2) is 12.1 Å². The maximum Gasteiger partial charge on any atom is 0.224 e. The van der Waals surface area contributed by atoms with Crippen molar-refractivity contribution in [2.24, 2.45) is 11.8 Å². The number of nitrogens with two attached hydrogens (primary N) is 1. The van der Waals surface area contributed by atoms with Crippen LogP contribution in [0.4, 0.5) is 17.1 Å². The monoisotopic (exact) mass is 259 g/mol. The molecule has 0 radical (unpaired) electrons. The summed E-state index contributed by atoms with van der Waals surface area (Å²) in [5.74, 6) is 1.72. The Kier molecular flexibility index (Phi) is 2.88. The molecule has 19 heavy (non-hydrogen) atoms. The molecule has 2 aliphatic rings. The van der Waals surface area contributed by atoms with E-state index in [2.05, 4.69) is 24.2 Å². The van der Waals surface area contributed by atoms with Gasteiger partial charge < -0.3 is 16.0 Å². The first-order valence-electron chi connectivity index (χ1n) is 6.98. The smallest absolute Gasteiger partial charge is 0.224 e. The number of anilines is 3. The number of nitrogen functional groups attached to an aromatic ring is 1. The van der Waals surface area contributed by atoms with Crippen molar-refractivity contribution in [3.8, 4) is 0 Å². The summed E-state index contributed by atoms with van der Waals surface area (Å²) in [6, 6.07) is 4.03. The first-order chi connectivity index (χ1) is 9.04. The summed E-state index contributed by atoms with van der Waals surface area (Å²) in [7, 11) is 2.08. The SMILES string of the molecule is CC1CC1CN(C)c1cc2c(cc1N)CCC(=O)N2. The normalized spacial score (nSPS) is 24.6. The molecule has 2 unspecified atom stereocenters. The van der Waals surface area contributed by atoms with E-state index in [1.807, 2.05) is 12.1 Å². The van der Waals surface area contributed by atoms with Crippen molar-refractivity contribution in [3.63, 3.8) is 0 Å². The second-order valence-corrected chi connectivity index (χ2v) is 5.97. The van der Waals surface area contributed by atoms with Crippen LogP contribution < -0.4 is 16.0 Å². The number of nitrogens with zero attached hydrogens (tertiary/aromatic N) is 1. The van der Waals surface area contributed by atoms with Gasteiger partial charge in [0.1, 0.15) is 0 Å². The first kappa shape index (κ1) is 12.3. The average molecular weight is 259 g/mol. The van der Waals surface area contributed by atoms with E-state index in [4.69, 9.17) is 5.73 Å². The molecule has 3 rings (SSSR count). The second-order valence-electron chi connectivity index (χ2n) is 5.97. The van der Waals surface area contributed by atoms with Crippen LogP contribution in [0.25, 0.3) is 0 Å². The van der Waals surface area contributed by atoms with Gasteiger partial charge in [-0.05, 0) is 42.4 Å². The zero-order valence-corrected chi connectivity index (χ0v) is 11.6. The van der Waals surface area contributed by atoms with Crippen LogP contribution in [0.1, 0.15) is 25.3 Å². The molecule has 2 atom stereocenters. The number of amides is 1. The van der Waals surface area contributed by atoms with Gasteiger partial charge in [-0.1, -0.05) is 6.92 Å². The van der Waals surface area contributed by atoms with E-state index >= 15 is 0 Å². The predicted octanol–water partition coefficient (Wildman–Crippen LogP) is 2.25. The van der Waals surface area contributed by atoms with Crippen molar-refractivity contribution >= 4 is 23.0 Å². The van der Waals surface area contributed by atoms with E-state index in [1.165, 1.54) is 6.42 Å². The van der Waals surface area contributed by atoms with Crippen LogP contribution in [0.5, 0.6) is 0 Å². The van der Waals surface area contributed by atoms with Crippen LogP contribution in [0, 0.1) is 11.8 Å². The van der Waals surface area contributed by atoms with Gasteiger partial charge in [-0.15, -0.1) is 0 Å². The zero-order chi connectivity index (χ0) is 13.6. The van der Waals surface area contributed by atoms with Gasteiger partial charge in [0, 0.05) is 25.7 Å². The molecule has 1 aromatic carbocycles. The molecule has 1 aromatic rings. The highest BCUT2D eigenvalue weighted by atomic mass is 16.1. The third-order valence-corrected chi connectivity index (χ3v) is 4.34. The molecule has 1 aliphatic heterocycles. The van der Waals surface area contributed by atoms with E-state index in [0.717, 1.165) is 47.4 Å². The number of nitrogens with one attached hydrogen (secondary N) is 1. The lowest BCUT2D eigenvalue weighted by Gasteiger charge is -2.25. The average Bonchev–Trinajstić information content (AvgIpc) is 3.04. The Morgan fingerprint density at radius 2 is 2.16 bits per heavy atom. The van der Waals surface area contributed by atoms with Gasteiger partial charge in [-0.2, -0.15) is 0 Å². The van der Waals surface area contributed by atoms with Gasteiger partial charge in [0.25, 0.3) is 0 Å². The number of hydrogen-bond donors (Lipinski definition) is 2. The lowest BCUT2D eigenvalue weighted by molar-refractivity contribution is -0.116. The highest BCUT2D eigenvalue weighted by molar-refractivity contribution is 5.95. The van der Waals surface area contributed by atoms with Crippen molar-refractivity contribution in [3.05, 3.63) is 17.7 Å². The van der Waals surface area contributed by atoms with E-state index < -0.39 is 0 Å². The molecule has 0 saturated heterocycles. The molecule has 4 nitrogen and oxygen atoms in total. The fraction of sp³-hybridized carbons (Fsp3) is 0.533. The van der Waals surface area contributed by atoms with Gasteiger partial charge >= 0.3 is 0 Å². The van der Waals surface area contributed by atoms with Gasteiger partial charge in [-0.3, -0.25) is 4.79 Å². The van der Waals surface area contributed by atoms with E-state index in [-0.39, 0.29) is 5.91 Å². The third kappa shape index (κ3) is 2.39. The summed E-state index contributed by atoms with van der Waals surface area (Å²) in [4.78, 5) is 13.7. The number of fused-ring (bicyclic) bond motifs is 1. The summed E-state index contributed by atoms with van der Waals surface area (Å²) in [6.07, 6.45) is 2.65. The minimum absolute atomic E-state index is 0.0988. The molecular formula is C15H21N3O. The third-order valence-electron chi connectivity index (χ3n) is 4.34. The van der Waals surface area contributed by atoms with E-state index in [1.54, 1.807) is 0 Å². The van der Waals surface area contributed by atoms with E-state index in [9.17, 15) is 4.79 Å². The topological polar surface area (TPSA) is 58.4 Å². The Bertz CT molecular complexity index is 526. The molecule has 0 bridgehead atoms. The Balaban J connectivity index is 1.84. The highest BCUT2D eigenvalue weighted by Gasteiger charge is 2.33. The second kappa shape index (κ2) is 4.44. The Labute approximate surface area is 114 Å². The van der Waals surface area contributed by atoms with Crippen molar-refractivity contribution in [1.82, 2.24) is 0 Å². The lowest BCUT2D eigenvalue weighted by atomic mass is 10.0. The van der Waals surface area contributed by atoms with Crippen molar-refractivity contribution in [1.29, 1.82) is 0 Å². The van der Waals surface area contributed by atoms with Crippen LogP contribution in [0.3, 0.4) is 0 Å². The van der Waals surface area contributed by atoms with Gasteiger partial charge in [0.05, 0.1) is 11.4 Å². The number of benzene rings is 1. The molecule has 1 saturated carbocycles. The highest BCUT2D eigenvalue weighted by Crippen LogP contribution is 2.40. The summed E-state index contributed by atoms with van der Waals surface area (Å²) >= 11 is 0. The molecule has 3 N–H and O–H groups in total. The molecule has 1 heterocycles. The summed E-state index contributed by atoms with van der Waals surface area (Å²) in [5, 5.41) is 2.94. The minimum atomic E-state index is 0.0988. The number of carbonyl (C=O) groups excluding carboxylic acids is 1. The zero-order valence-electron chi connectivity index (χ0n) is 11.6. The van der Waals surface area contributed by atoms with Crippen LogP contribution in [-0.2, 0) is 11.2 Å². The van der Waals surface area contributed by atoms with Crippen LogP contribution in [-0.4, -0.2) is 19.5 Å². The number of hydrogen-bond acceptors (Lipinski definition) is 3. The summed E-state index contributed by atoms with van der Waals surface area (Å²) < 4.78 is 0. The fourth-order valence-electron chi connectivity index (χ4n) is 2.87. The molecule has 1 fully saturated rings. The standard InChI is InChI=1S/C15H21N3O/c1-9-5-11(9)8-18(2)14-7-13-10(6-12(14)16)3-4-15(19)17-13/h6-7,9,11H,3-5,8,16H2,1-2H3,(H,17,19). The molecular weight excluding hydrogens is 238 g/mol. The van der Waals surface area contributed by atoms with Crippen molar-refractivity contribution in [2.45, 2.75) is 26.2 Å². The molecule has 0 spiro atoms. The molecule has 4 heteroatoms. The molecule has 0 aromatic heterocycles. The number of aryl methyl sites for hydroxylation is 1. The maximum absolute atomic E-state index is 11.5. The maximum atomic E-state index is 11.5. The Morgan fingerprint density at radius 3 is 2.84 bits per heavy atom. The van der Waals surface area contributed by atoms with Crippen molar-refractivity contribution in [2.75, 3.05) is 29.5 Å². The van der Waals surface area contributed by atoms with Gasteiger partial charge in [0.2, 0.25) is 5.91 Å². The van der Waals surface area contributed by atoms with E-state index in [0.29, 0.717) is 6.42 Å². The van der Waals surface area contributed by atoms with Gasteiger partial charge in [0.15, 0.2) is 0 Å². The largest absolute Gasteiger partial charge is 0.397 e. The number of rotatable bonds is 3. The molecule has 1 amide bonds. The first-order valence-corrected chi connectivity index (χ1v) is 6.98. The van der Waals surface area contributed by atoms with Crippen LogP contribution in [0.2, 0.25) is 0 Å². The predicted molar refractivity (Wildman–Crippen MR) is 78.3 cm³/mol. The molecule has 1 aliphatic carbocycles. The minimum Gasteiger partial charge on any atom is -0.397 e. The Hall–Kier alpha value is -1.71. The number of carbonyl (C=O) groups is 1. The van der Waals surface area contributed by atoms with Crippen molar-refractivity contribution < 1.29 is 4.79 Å². The summed E-state index contributed by atoms with van der Waals surface area (Å²) in [6.45, 7) is 3.33. The quantitative estimate of drug-likeness (QED) is 0.818. The molecule has 102 valence electrons. The lowest BCUT2D eigenvalue weighted by Crippen LogP contribution is -2.24. The fourth-order valence-corrected chi connectivity index (χ4v) is 2.87. The van der Waals surface area contributed by atoms with Crippen LogP contribution >= 0.6 is 0 Å². The summed E-state index contributed by atoms with van der Waals surface area (Å²) in [5.41, 5.74) is 10.1.